The Labute approximate surface area is 257 Å². The zero-order valence-corrected chi connectivity index (χ0v) is 26.3. The van der Waals surface area contributed by atoms with Crippen LogP contribution >= 0.6 is 15.9 Å². The van der Waals surface area contributed by atoms with Crippen molar-refractivity contribution in [2.75, 3.05) is 5.32 Å². The summed E-state index contributed by atoms with van der Waals surface area (Å²) in [5.74, 6) is 0.856. The highest BCUT2D eigenvalue weighted by atomic mass is 79.9. The number of rotatable bonds is 8. The molecule has 0 aromatic carbocycles. The molecule has 4 aromatic rings. The van der Waals surface area contributed by atoms with Crippen molar-refractivity contribution in [3.8, 4) is 11.3 Å². The molecule has 2 fully saturated rings. The van der Waals surface area contributed by atoms with E-state index in [0.29, 0.717) is 50.7 Å². The zero-order chi connectivity index (χ0) is 30.6. The summed E-state index contributed by atoms with van der Waals surface area (Å²) in [6.07, 6.45) is 7.39. The van der Waals surface area contributed by atoms with Crippen LogP contribution in [-0.4, -0.2) is 64.3 Å². The van der Waals surface area contributed by atoms with Crippen molar-refractivity contribution in [1.82, 2.24) is 34.6 Å². The molecule has 2 aliphatic rings. The monoisotopic (exact) mass is 644 g/mol. The Morgan fingerprint density at radius 3 is 2.53 bits per heavy atom. The Morgan fingerprint density at radius 2 is 1.84 bits per heavy atom. The van der Waals surface area contributed by atoms with Gasteiger partial charge in [-0.25, -0.2) is 15.0 Å². The van der Waals surface area contributed by atoms with Gasteiger partial charge >= 0.3 is 0 Å². The maximum Gasteiger partial charge on any atom is 0.248 e. The summed E-state index contributed by atoms with van der Waals surface area (Å²) in [4.78, 5) is 59.6. The van der Waals surface area contributed by atoms with Crippen LogP contribution in [0.2, 0.25) is 0 Å². The zero-order valence-electron chi connectivity index (χ0n) is 24.8. The lowest BCUT2D eigenvalue weighted by molar-refractivity contribution is -0.138. The summed E-state index contributed by atoms with van der Waals surface area (Å²) in [7, 11) is 0. The summed E-state index contributed by atoms with van der Waals surface area (Å²) < 4.78 is 2.14. The van der Waals surface area contributed by atoms with E-state index in [1.54, 1.807) is 36.5 Å². The number of anilines is 1. The quantitative estimate of drug-likeness (QED) is 0.211. The molecule has 43 heavy (non-hydrogen) atoms. The summed E-state index contributed by atoms with van der Waals surface area (Å²) in [5, 5.41) is 8.11. The first-order valence-corrected chi connectivity index (χ1v) is 15.2. The lowest BCUT2D eigenvalue weighted by atomic mass is 9.89. The van der Waals surface area contributed by atoms with E-state index in [0.717, 1.165) is 18.4 Å². The number of carbonyl (C=O) groups is 3. The minimum absolute atomic E-state index is 0.0184. The van der Waals surface area contributed by atoms with E-state index in [-0.39, 0.29) is 41.3 Å². The largest absolute Gasteiger partial charge is 0.325 e. The van der Waals surface area contributed by atoms with Gasteiger partial charge in [0.2, 0.25) is 11.8 Å². The Kier molecular flexibility index (Phi) is 7.35. The predicted octanol–water partition coefficient (Wildman–Crippen LogP) is 4.91. The van der Waals surface area contributed by atoms with Gasteiger partial charge in [0.25, 0.3) is 0 Å². The second-order valence-electron chi connectivity index (χ2n) is 12.2. The molecule has 222 valence electrons. The van der Waals surface area contributed by atoms with Crippen molar-refractivity contribution in [2.24, 2.45) is 11.3 Å². The van der Waals surface area contributed by atoms with E-state index >= 15 is 0 Å². The molecule has 0 bridgehead atoms. The lowest BCUT2D eigenvalue weighted by Gasteiger charge is -2.27. The van der Waals surface area contributed by atoms with Crippen LogP contribution in [0.15, 0.2) is 41.4 Å². The Balaban J connectivity index is 1.31. The summed E-state index contributed by atoms with van der Waals surface area (Å²) in [6, 6.07) is 4.82. The second kappa shape index (κ2) is 10.9. The van der Waals surface area contributed by atoms with Gasteiger partial charge in [-0.15, -0.1) is 0 Å². The molecule has 1 aliphatic carbocycles. The van der Waals surface area contributed by atoms with Gasteiger partial charge in [0.1, 0.15) is 34.5 Å². The molecule has 0 spiro atoms. The molecule has 12 heteroatoms. The van der Waals surface area contributed by atoms with Gasteiger partial charge in [0, 0.05) is 36.3 Å². The highest BCUT2D eigenvalue weighted by molar-refractivity contribution is 9.10. The van der Waals surface area contributed by atoms with Crippen molar-refractivity contribution in [3.05, 3.63) is 58.5 Å². The van der Waals surface area contributed by atoms with Gasteiger partial charge in [-0.05, 0) is 78.1 Å². The van der Waals surface area contributed by atoms with Crippen molar-refractivity contribution in [3.63, 3.8) is 0 Å². The first-order valence-electron chi connectivity index (χ1n) is 14.4. The van der Waals surface area contributed by atoms with Crippen LogP contribution in [-0.2, 0) is 16.1 Å². The molecular weight excluding hydrogens is 612 g/mol. The third-order valence-electron chi connectivity index (χ3n) is 8.46. The standard InChI is InChI=1S/C31H33BrN8O3/c1-16(2)9-31-10-23(30(43)37-29-17(3)6-7-26(32)36-29)40(25(31)11-31)27(42)15-39-24-14-35-22(20-12-33-19(5)34-13-20)8-21(24)28(38-39)18(4)41/h6-8,12-14,16,23,25H,9-11,15H2,1-5H3,(H,36,37,43)/t23-,25?,31+/m1/s1. The fourth-order valence-electron chi connectivity index (χ4n) is 6.50. The molecule has 5 heterocycles. The first-order chi connectivity index (χ1) is 20.5. The number of aromatic nitrogens is 6. The lowest BCUT2D eigenvalue weighted by Crippen LogP contribution is -2.47. The molecule has 1 saturated carbocycles. The van der Waals surface area contributed by atoms with Gasteiger partial charge in [-0.1, -0.05) is 19.9 Å². The Hall–Kier alpha value is -4.06. The number of aryl methyl sites for hydroxylation is 2. The molecule has 1 unspecified atom stereocenters. The molecule has 2 amide bonds. The number of pyridine rings is 2. The molecule has 3 atom stereocenters. The summed E-state index contributed by atoms with van der Waals surface area (Å²) in [6.45, 7) is 9.35. The van der Waals surface area contributed by atoms with E-state index in [9.17, 15) is 14.4 Å². The molecule has 6 rings (SSSR count). The van der Waals surface area contributed by atoms with E-state index in [1.807, 2.05) is 19.1 Å². The van der Waals surface area contributed by atoms with Gasteiger partial charge < -0.3 is 10.2 Å². The fraction of sp³-hybridized carbons (Fsp3) is 0.419. The van der Waals surface area contributed by atoms with Crippen LogP contribution in [0.4, 0.5) is 5.82 Å². The van der Waals surface area contributed by atoms with Crippen molar-refractivity contribution < 1.29 is 14.4 Å². The van der Waals surface area contributed by atoms with Gasteiger partial charge in [0.15, 0.2) is 5.78 Å². The minimum Gasteiger partial charge on any atom is -0.325 e. The maximum atomic E-state index is 14.1. The number of carbonyl (C=O) groups excluding carboxylic acids is 3. The van der Waals surface area contributed by atoms with Crippen LogP contribution in [0.5, 0.6) is 0 Å². The number of hydrogen-bond donors (Lipinski definition) is 1. The van der Waals surface area contributed by atoms with Crippen LogP contribution in [0.3, 0.4) is 0 Å². The van der Waals surface area contributed by atoms with Gasteiger partial charge in [-0.2, -0.15) is 5.10 Å². The number of piperidine rings is 1. The third-order valence-corrected chi connectivity index (χ3v) is 8.90. The molecule has 0 radical (unpaired) electrons. The number of fused-ring (bicyclic) bond motifs is 2. The van der Waals surface area contributed by atoms with E-state index < -0.39 is 6.04 Å². The smallest absolute Gasteiger partial charge is 0.248 e. The van der Waals surface area contributed by atoms with E-state index in [1.165, 1.54) is 11.6 Å². The van der Waals surface area contributed by atoms with Crippen molar-refractivity contribution in [2.45, 2.75) is 72.5 Å². The fourth-order valence-corrected chi connectivity index (χ4v) is 6.81. The number of halogens is 1. The molecule has 1 aliphatic heterocycles. The molecule has 1 N–H and O–H groups in total. The van der Waals surface area contributed by atoms with Crippen molar-refractivity contribution >= 4 is 50.2 Å². The average molecular weight is 646 g/mol. The Morgan fingerprint density at radius 1 is 1.09 bits per heavy atom. The van der Waals surface area contributed by atoms with E-state index in [2.05, 4.69) is 60.1 Å². The minimum atomic E-state index is -0.634. The SMILES string of the molecule is CC(=O)c1nn(CC(=O)N2C3C[C@]3(CC(C)C)C[C@@H]2C(=O)Nc2nc(Br)ccc2C)c2cnc(-c3cnc(C)nc3)cc12. The number of Topliss-reactive ketones (excluding diaryl/α,β-unsaturated/α-hetero) is 1. The second-order valence-corrected chi connectivity index (χ2v) is 13.0. The third kappa shape index (κ3) is 5.44. The molecule has 4 aromatic heterocycles. The molecular formula is C31H33BrN8O3. The van der Waals surface area contributed by atoms with Crippen LogP contribution in [0.25, 0.3) is 22.2 Å². The number of ketones is 1. The summed E-state index contributed by atoms with van der Waals surface area (Å²) in [5.41, 5.74) is 2.89. The topological polar surface area (TPSA) is 136 Å². The first kappa shape index (κ1) is 29.0. The van der Waals surface area contributed by atoms with E-state index in [4.69, 9.17) is 0 Å². The normalized spacial score (nSPS) is 20.9. The van der Waals surface area contributed by atoms with Crippen LogP contribution in [0, 0.1) is 25.2 Å². The molecule has 11 nitrogen and oxygen atoms in total. The maximum absolute atomic E-state index is 14.1. The molecule has 1 saturated heterocycles. The van der Waals surface area contributed by atoms with Crippen LogP contribution in [0.1, 0.15) is 61.9 Å². The number of nitrogens with zero attached hydrogens (tertiary/aromatic N) is 7. The Bertz CT molecular complexity index is 1770. The highest BCUT2D eigenvalue weighted by Crippen LogP contribution is 2.63. The van der Waals surface area contributed by atoms with Gasteiger partial charge in [0.05, 0.1) is 17.4 Å². The van der Waals surface area contributed by atoms with Gasteiger partial charge in [-0.3, -0.25) is 24.0 Å². The number of likely N-dealkylation sites (tertiary alicyclic amines) is 1. The highest BCUT2D eigenvalue weighted by Gasteiger charge is 2.66. The predicted molar refractivity (Wildman–Crippen MR) is 164 cm³/mol. The van der Waals surface area contributed by atoms with Crippen LogP contribution < -0.4 is 5.32 Å². The average Bonchev–Trinajstić information content (AvgIpc) is 3.35. The van der Waals surface area contributed by atoms with Crippen molar-refractivity contribution in [1.29, 1.82) is 0 Å². The number of nitrogens with one attached hydrogen (secondary N) is 1. The number of hydrogen-bond acceptors (Lipinski definition) is 8. The summed E-state index contributed by atoms with van der Waals surface area (Å²) >= 11 is 3.37. The number of amides is 2.